The van der Waals surface area contributed by atoms with Crippen molar-refractivity contribution in [1.29, 1.82) is 0 Å². The summed E-state index contributed by atoms with van der Waals surface area (Å²) in [7, 11) is 2.87. The zero-order chi connectivity index (χ0) is 29.1. The van der Waals surface area contributed by atoms with Gasteiger partial charge in [0, 0.05) is 41.6 Å². The molecule has 4 atom stereocenters. The van der Waals surface area contributed by atoms with Gasteiger partial charge in [-0.05, 0) is 85.5 Å². The maximum atomic E-state index is 13.0. The molecule has 0 aliphatic carbocycles. The number of rotatable bonds is 10. The molecule has 12 nitrogen and oxygen atoms in total. The topological polar surface area (TPSA) is 225 Å². The molecule has 0 saturated heterocycles. The number of hydrogen-bond acceptors (Lipinski definition) is 10. The van der Waals surface area contributed by atoms with Crippen LogP contribution in [0.4, 0.5) is 5.69 Å². The number of carbonyl (C=O) groups is 4. The Morgan fingerprint density at radius 2 is 1.45 bits per heavy atom. The van der Waals surface area contributed by atoms with Crippen LogP contribution in [0.1, 0.15) is 31.1 Å². The first-order chi connectivity index (χ1) is 17.7. The Labute approximate surface area is 258 Å². The highest BCUT2D eigenvalue weighted by Gasteiger charge is 2.36. The van der Waals surface area contributed by atoms with Crippen molar-refractivity contribution < 1.29 is 39.6 Å². The van der Waals surface area contributed by atoms with Crippen molar-refractivity contribution in [2.24, 2.45) is 5.73 Å². The number of nitrogens with two attached hydrogens (primary N) is 2. The van der Waals surface area contributed by atoms with Gasteiger partial charge in [0.05, 0.1) is 17.7 Å². The average molecular weight is 866 g/mol. The van der Waals surface area contributed by atoms with Gasteiger partial charge in [-0.1, -0.05) is 6.07 Å². The van der Waals surface area contributed by atoms with Crippen LogP contribution in [-0.4, -0.2) is 88.9 Å². The number of anilines is 1. The predicted molar refractivity (Wildman–Crippen MR) is 164 cm³/mol. The lowest BCUT2D eigenvalue weighted by atomic mass is 9.90. The van der Waals surface area contributed by atoms with Gasteiger partial charge in [0.1, 0.15) is 24.4 Å². The van der Waals surface area contributed by atoms with E-state index < -0.39 is 54.3 Å². The van der Waals surface area contributed by atoms with E-state index in [1.807, 2.05) is 45.2 Å². The summed E-state index contributed by atoms with van der Waals surface area (Å²) in [5.74, 6) is -3.44. The predicted octanol–water partition coefficient (Wildman–Crippen LogP) is -0.377. The quantitative estimate of drug-likeness (QED) is 0.0509. The number of hydrogen-bond donors (Lipinski definition) is 8. The standard InChI is InChI=1S/C23H25I3N4O8/c1-29-22(37)12-11(14(24)16(26)15(25)13(12)23(38)30-2)7-3-4-8(9(27)5-7)18(33)20(35)17(28)21(36)19(34)10(32)6-31/h3-5,10,17,19,21,31-32,34,36H,6,27-28H2,1-2H3,(H,29,37)(H,30,38)/t10?,17-,19+,21+/m0/s1. The monoisotopic (exact) mass is 866 g/mol. The maximum Gasteiger partial charge on any atom is 0.252 e. The molecule has 0 saturated carbocycles. The van der Waals surface area contributed by atoms with Crippen molar-refractivity contribution in [2.75, 3.05) is 26.4 Å². The zero-order valence-electron chi connectivity index (χ0n) is 20.0. The second kappa shape index (κ2) is 13.7. The first-order valence-electron chi connectivity index (χ1n) is 10.8. The number of aliphatic hydroxyl groups excluding tert-OH is 4. The fraction of sp³-hybridized carbons (Fsp3) is 0.304. The maximum absolute atomic E-state index is 13.0. The third kappa shape index (κ3) is 6.45. The number of carbonyl (C=O) groups excluding carboxylic acids is 4. The lowest BCUT2D eigenvalue weighted by molar-refractivity contribution is -0.125. The first kappa shape index (κ1) is 32.7. The second-order valence-corrected chi connectivity index (χ2v) is 11.2. The van der Waals surface area contributed by atoms with E-state index in [9.17, 15) is 34.5 Å². The van der Waals surface area contributed by atoms with Crippen molar-refractivity contribution in [1.82, 2.24) is 10.6 Å². The smallest absolute Gasteiger partial charge is 0.252 e. The molecule has 0 radical (unpaired) electrons. The van der Waals surface area contributed by atoms with Crippen LogP contribution < -0.4 is 22.1 Å². The third-order valence-electron chi connectivity index (χ3n) is 5.64. The molecule has 0 aromatic heterocycles. The number of amides is 2. The van der Waals surface area contributed by atoms with Crippen LogP contribution in [-0.2, 0) is 4.79 Å². The summed E-state index contributed by atoms with van der Waals surface area (Å²) < 4.78 is 1.93. The number of benzene rings is 2. The van der Waals surface area contributed by atoms with E-state index in [1.54, 1.807) is 0 Å². The summed E-state index contributed by atoms with van der Waals surface area (Å²) >= 11 is 6.10. The number of halogens is 3. The molecule has 0 aliphatic rings. The molecule has 38 heavy (non-hydrogen) atoms. The van der Waals surface area contributed by atoms with Crippen LogP contribution in [0.3, 0.4) is 0 Å². The van der Waals surface area contributed by atoms with Crippen molar-refractivity contribution in [2.45, 2.75) is 24.4 Å². The lowest BCUT2D eigenvalue weighted by Gasteiger charge is -2.25. The molecule has 10 N–H and O–H groups in total. The summed E-state index contributed by atoms with van der Waals surface area (Å²) in [5.41, 5.74) is 12.4. The van der Waals surface area contributed by atoms with Gasteiger partial charge in [-0.25, -0.2) is 0 Å². The minimum atomic E-state index is -2.04. The van der Waals surface area contributed by atoms with Gasteiger partial charge in [-0.2, -0.15) is 0 Å². The molecule has 0 fully saturated rings. The molecule has 0 heterocycles. The van der Waals surface area contributed by atoms with Crippen LogP contribution in [0.5, 0.6) is 0 Å². The molecule has 2 rings (SSSR count). The fourth-order valence-corrected chi connectivity index (χ4v) is 6.22. The molecule has 206 valence electrons. The summed E-state index contributed by atoms with van der Waals surface area (Å²) in [6.45, 7) is -0.905. The Morgan fingerprint density at radius 3 is 1.95 bits per heavy atom. The number of ketones is 2. The van der Waals surface area contributed by atoms with E-state index in [0.717, 1.165) is 0 Å². The molecule has 15 heteroatoms. The highest BCUT2D eigenvalue weighted by Crippen LogP contribution is 2.39. The highest BCUT2D eigenvalue weighted by atomic mass is 127. The van der Waals surface area contributed by atoms with Gasteiger partial charge >= 0.3 is 0 Å². The molecule has 0 spiro atoms. The summed E-state index contributed by atoms with van der Waals surface area (Å²) in [6.07, 6.45) is -5.80. The van der Waals surface area contributed by atoms with Crippen molar-refractivity contribution in [3.05, 3.63) is 45.6 Å². The lowest BCUT2D eigenvalue weighted by Crippen LogP contribution is -2.54. The Kier molecular flexibility index (Phi) is 11.8. The van der Waals surface area contributed by atoms with E-state index >= 15 is 0 Å². The molecule has 2 aromatic rings. The summed E-state index contributed by atoms with van der Waals surface area (Å²) in [5, 5.41) is 43.4. The van der Waals surface area contributed by atoms with E-state index in [0.29, 0.717) is 21.8 Å². The third-order valence-corrected chi connectivity index (χ3v) is 10.9. The summed E-state index contributed by atoms with van der Waals surface area (Å²) in [4.78, 5) is 51.2. The fourth-order valence-electron chi connectivity index (χ4n) is 3.53. The van der Waals surface area contributed by atoms with Crippen LogP contribution in [0.15, 0.2) is 18.2 Å². The van der Waals surface area contributed by atoms with E-state index in [2.05, 4.69) is 33.2 Å². The largest absolute Gasteiger partial charge is 0.398 e. The van der Waals surface area contributed by atoms with E-state index in [4.69, 9.17) is 16.6 Å². The Balaban J connectivity index is 2.62. The molecule has 1 unspecified atom stereocenters. The molecular weight excluding hydrogens is 841 g/mol. The van der Waals surface area contributed by atoms with Crippen molar-refractivity contribution in [3.8, 4) is 11.1 Å². The highest BCUT2D eigenvalue weighted by molar-refractivity contribution is 14.1. The zero-order valence-corrected chi connectivity index (χ0v) is 26.4. The van der Waals surface area contributed by atoms with Gasteiger partial charge < -0.3 is 42.5 Å². The van der Waals surface area contributed by atoms with Gasteiger partial charge in [0.25, 0.3) is 11.8 Å². The molecule has 2 aromatic carbocycles. The normalized spacial score (nSPS) is 14.3. The molecule has 0 bridgehead atoms. The number of nitrogens with one attached hydrogen (secondary N) is 2. The van der Waals surface area contributed by atoms with Gasteiger partial charge in [0.2, 0.25) is 11.6 Å². The Hall–Kier alpha value is -1.49. The number of aliphatic hydroxyl groups is 4. The number of nitrogen functional groups attached to an aromatic ring is 1. The van der Waals surface area contributed by atoms with Gasteiger partial charge in [-0.15, -0.1) is 0 Å². The van der Waals surface area contributed by atoms with Gasteiger partial charge in [0.15, 0.2) is 0 Å². The van der Waals surface area contributed by atoms with Crippen molar-refractivity contribution in [3.63, 3.8) is 0 Å². The Bertz CT molecular complexity index is 1290. The van der Waals surface area contributed by atoms with Crippen LogP contribution >= 0.6 is 67.8 Å². The molecule has 0 aliphatic heterocycles. The molecular formula is C23H25I3N4O8. The average Bonchev–Trinajstić information content (AvgIpc) is 2.92. The van der Waals surface area contributed by atoms with Crippen LogP contribution in [0.2, 0.25) is 0 Å². The van der Waals surface area contributed by atoms with E-state index in [-0.39, 0.29) is 22.4 Å². The van der Waals surface area contributed by atoms with Crippen LogP contribution in [0.25, 0.3) is 11.1 Å². The molecule has 2 amide bonds. The Morgan fingerprint density at radius 1 is 0.895 bits per heavy atom. The van der Waals surface area contributed by atoms with Crippen molar-refractivity contribution >= 4 is 96.8 Å². The van der Waals surface area contributed by atoms with E-state index in [1.165, 1.54) is 32.3 Å². The van der Waals surface area contributed by atoms with Gasteiger partial charge in [-0.3, -0.25) is 19.2 Å². The second-order valence-electron chi connectivity index (χ2n) is 7.98. The SMILES string of the molecule is CNC(=O)c1c(I)c(I)c(I)c(-c2ccc(C(=O)C(=O)[C@H](N)[C@@H](O)[C@H](O)C(O)CO)c(N)c2)c1C(=O)NC. The van der Waals surface area contributed by atoms with Crippen LogP contribution in [0, 0.1) is 10.7 Å². The number of Topliss-reactive ketones (excluding diaryl/α,β-unsaturated/α-hetero) is 2. The summed E-state index contributed by atoms with van der Waals surface area (Å²) in [6, 6.07) is 2.15. The first-order valence-corrected chi connectivity index (χ1v) is 14.0. The minimum absolute atomic E-state index is 0.0946. The minimum Gasteiger partial charge on any atom is -0.398 e.